The third-order valence-corrected chi connectivity index (χ3v) is 5.12. The number of rotatable bonds is 5. The summed E-state index contributed by atoms with van der Waals surface area (Å²) in [6, 6.07) is 17.0. The molecule has 1 N–H and O–H groups in total. The van der Waals surface area contributed by atoms with Crippen molar-refractivity contribution >= 4 is 39.5 Å². The zero-order valence-corrected chi connectivity index (χ0v) is 14.7. The van der Waals surface area contributed by atoms with Gasteiger partial charge in [0.25, 0.3) is 10.0 Å². The van der Waals surface area contributed by atoms with E-state index in [9.17, 15) is 8.42 Å². The fourth-order valence-electron chi connectivity index (χ4n) is 2.21. The first-order valence-corrected chi connectivity index (χ1v) is 9.36. The lowest BCUT2D eigenvalue weighted by Crippen LogP contribution is -2.13. The second kappa shape index (κ2) is 7.51. The summed E-state index contributed by atoms with van der Waals surface area (Å²) in [6.07, 6.45) is 7.16. The van der Waals surface area contributed by atoms with Gasteiger partial charge in [0, 0.05) is 17.4 Å². The van der Waals surface area contributed by atoms with Crippen LogP contribution in [0.1, 0.15) is 11.1 Å². The van der Waals surface area contributed by atoms with Crippen molar-refractivity contribution in [2.45, 2.75) is 4.90 Å². The van der Waals surface area contributed by atoms with Gasteiger partial charge in [-0.1, -0.05) is 42.0 Å². The average molecular weight is 371 g/mol. The van der Waals surface area contributed by atoms with Crippen molar-refractivity contribution in [3.8, 4) is 0 Å². The van der Waals surface area contributed by atoms with E-state index in [2.05, 4.69) is 9.71 Å². The Kier molecular flexibility index (Phi) is 5.16. The normalized spacial score (nSPS) is 11.6. The lowest BCUT2D eigenvalue weighted by Gasteiger charge is -2.11. The molecular formula is C19H15ClN2O2S. The van der Waals surface area contributed by atoms with E-state index in [1.165, 1.54) is 12.1 Å². The summed E-state index contributed by atoms with van der Waals surface area (Å²) in [5, 5.41) is 0.486. The Bertz CT molecular complexity index is 985. The van der Waals surface area contributed by atoms with Gasteiger partial charge in [-0.15, -0.1) is 0 Å². The predicted molar refractivity (Wildman–Crippen MR) is 102 cm³/mol. The van der Waals surface area contributed by atoms with Gasteiger partial charge in [-0.25, -0.2) is 8.42 Å². The largest absolute Gasteiger partial charge is 0.279 e. The summed E-state index contributed by atoms with van der Waals surface area (Å²) in [4.78, 5) is 4.13. The second-order valence-corrected chi connectivity index (χ2v) is 7.38. The van der Waals surface area contributed by atoms with E-state index in [1.807, 2.05) is 36.4 Å². The van der Waals surface area contributed by atoms with Crippen molar-refractivity contribution in [2.24, 2.45) is 0 Å². The Labute approximate surface area is 151 Å². The maximum absolute atomic E-state index is 12.6. The van der Waals surface area contributed by atoms with E-state index in [4.69, 9.17) is 11.6 Å². The number of hydrogen-bond donors (Lipinski definition) is 1. The molecule has 3 rings (SSSR count). The van der Waals surface area contributed by atoms with E-state index in [0.717, 1.165) is 11.1 Å². The molecule has 0 amide bonds. The SMILES string of the molecule is O=S(=O)(Nc1ccccc1C=Cc1ccncc1)c1ccc(Cl)cc1. The van der Waals surface area contributed by atoms with Crippen molar-refractivity contribution < 1.29 is 8.42 Å². The van der Waals surface area contributed by atoms with Gasteiger partial charge < -0.3 is 0 Å². The first kappa shape index (κ1) is 17.2. The summed E-state index contributed by atoms with van der Waals surface area (Å²) in [5.74, 6) is 0. The van der Waals surface area contributed by atoms with Crippen LogP contribution in [0.15, 0.2) is 78.0 Å². The van der Waals surface area contributed by atoms with Crippen LogP contribution >= 0.6 is 11.6 Å². The number of nitrogens with zero attached hydrogens (tertiary/aromatic N) is 1. The number of anilines is 1. The molecule has 3 aromatic rings. The molecule has 0 fully saturated rings. The lowest BCUT2D eigenvalue weighted by molar-refractivity contribution is 0.601. The molecule has 126 valence electrons. The van der Waals surface area contributed by atoms with Gasteiger partial charge in [-0.05, 0) is 53.6 Å². The third kappa shape index (κ3) is 4.47. The molecule has 2 aromatic carbocycles. The smallest absolute Gasteiger partial charge is 0.261 e. The fraction of sp³-hybridized carbons (Fsp3) is 0. The summed E-state index contributed by atoms with van der Waals surface area (Å²) in [5.41, 5.74) is 2.24. The second-order valence-electron chi connectivity index (χ2n) is 5.26. The predicted octanol–water partition coefficient (Wildman–Crippen LogP) is 4.71. The highest BCUT2D eigenvalue weighted by molar-refractivity contribution is 7.92. The van der Waals surface area contributed by atoms with Gasteiger partial charge in [0.1, 0.15) is 0 Å². The van der Waals surface area contributed by atoms with Crippen LogP contribution in [0.2, 0.25) is 5.02 Å². The van der Waals surface area contributed by atoms with Crippen LogP contribution < -0.4 is 4.72 Å². The number of nitrogens with one attached hydrogen (secondary N) is 1. The van der Waals surface area contributed by atoms with Gasteiger partial charge in [0.05, 0.1) is 10.6 Å². The minimum Gasteiger partial charge on any atom is -0.279 e. The van der Waals surface area contributed by atoms with Crippen molar-refractivity contribution in [3.63, 3.8) is 0 Å². The summed E-state index contributed by atoms with van der Waals surface area (Å²) in [6.45, 7) is 0. The monoisotopic (exact) mass is 370 g/mol. The Morgan fingerprint density at radius 3 is 2.28 bits per heavy atom. The van der Waals surface area contributed by atoms with Crippen LogP contribution in [0.25, 0.3) is 12.2 Å². The number of pyridine rings is 1. The maximum Gasteiger partial charge on any atom is 0.261 e. The Balaban J connectivity index is 1.88. The Morgan fingerprint density at radius 1 is 0.880 bits per heavy atom. The van der Waals surface area contributed by atoms with Crippen LogP contribution in [0.3, 0.4) is 0 Å². The summed E-state index contributed by atoms with van der Waals surface area (Å²) in [7, 11) is -3.69. The van der Waals surface area contributed by atoms with Crippen molar-refractivity contribution in [3.05, 3.63) is 89.2 Å². The van der Waals surface area contributed by atoms with Crippen molar-refractivity contribution in [1.29, 1.82) is 0 Å². The number of halogens is 1. The zero-order valence-electron chi connectivity index (χ0n) is 13.1. The highest BCUT2D eigenvalue weighted by Crippen LogP contribution is 2.23. The highest BCUT2D eigenvalue weighted by atomic mass is 35.5. The molecule has 0 unspecified atom stereocenters. The number of para-hydroxylation sites is 1. The topological polar surface area (TPSA) is 59.1 Å². The van der Waals surface area contributed by atoms with Gasteiger partial charge in [-0.2, -0.15) is 0 Å². The molecule has 0 spiro atoms. The van der Waals surface area contributed by atoms with Crippen molar-refractivity contribution in [2.75, 3.05) is 4.72 Å². The van der Waals surface area contributed by atoms with E-state index in [0.29, 0.717) is 10.7 Å². The zero-order chi connectivity index (χ0) is 17.7. The van der Waals surface area contributed by atoms with Crippen LogP contribution in [-0.2, 0) is 10.0 Å². The quantitative estimate of drug-likeness (QED) is 0.707. The molecule has 0 aliphatic heterocycles. The van der Waals surface area contributed by atoms with Gasteiger partial charge >= 0.3 is 0 Å². The first-order valence-electron chi connectivity index (χ1n) is 7.50. The summed E-state index contributed by atoms with van der Waals surface area (Å²) >= 11 is 5.82. The van der Waals surface area contributed by atoms with E-state index < -0.39 is 10.0 Å². The molecule has 6 heteroatoms. The number of sulfonamides is 1. The van der Waals surface area contributed by atoms with Gasteiger partial charge in [-0.3, -0.25) is 9.71 Å². The molecule has 0 aliphatic rings. The molecule has 0 radical (unpaired) electrons. The van der Waals surface area contributed by atoms with E-state index in [1.54, 1.807) is 36.7 Å². The first-order chi connectivity index (χ1) is 12.0. The third-order valence-electron chi connectivity index (χ3n) is 3.49. The highest BCUT2D eigenvalue weighted by Gasteiger charge is 2.15. The number of hydrogen-bond acceptors (Lipinski definition) is 3. The molecule has 0 aliphatic carbocycles. The Hall–Kier alpha value is -2.63. The molecular weight excluding hydrogens is 356 g/mol. The number of benzene rings is 2. The average Bonchev–Trinajstić information content (AvgIpc) is 2.62. The lowest BCUT2D eigenvalue weighted by atomic mass is 10.1. The molecule has 0 saturated heterocycles. The van der Waals surface area contributed by atoms with Crippen molar-refractivity contribution in [1.82, 2.24) is 4.98 Å². The number of aromatic nitrogens is 1. The van der Waals surface area contributed by atoms with Gasteiger partial charge in [0.15, 0.2) is 0 Å². The molecule has 0 saturated carbocycles. The Morgan fingerprint density at radius 2 is 1.56 bits per heavy atom. The maximum atomic E-state index is 12.6. The molecule has 0 atom stereocenters. The van der Waals surface area contributed by atoms with Crippen LogP contribution in [0.4, 0.5) is 5.69 Å². The molecule has 0 bridgehead atoms. The van der Waals surface area contributed by atoms with Crippen LogP contribution in [-0.4, -0.2) is 13.4 Å². The summed E-state index contributed by atoms with van der Waals surface area (Å²) < 4.78 is 27.7. The van der Waals surface area contributed by atoms with Crippen LogP contribution in [0.5, 0.6) is 0 Å². The molecule has 25 heavy (non-hydrogen) atoms. The van der Waals surface area contributed by atoms with E-state index in [-0.39, 0.29) is 4.90 Å². The van der Waals surface area contributed by atoms with Crippen LogP contribution in [0, 0.1) is 0 Å². The fourth-order valence-corrected chi connectivity index (χ4v) is 3.43. The standard InChI is InChI=1S/C19H15ClN2O2S/c20-17-7-9-18(10-8-17)25(23,24)22-19-4-2-1-3-16(19)6-5-15-11-13-21-14-12-15/h1-14,22H. The molecule has 1 heterocycles. The van der Waals surface area contributed by atoms with Gasteiger partial charge in [0.2, 0.25) is 0 Å². The molecule has 4 nitrogen and oxygen atoms in total. The minimum absolute atomic E-state index is 0.157. The molecule has 1 aromatic heterocycles. The minimum atomic E-state index is -3.69. The van der Waals surface area contributed by atoms with E-state index >= 15 is 0 Å².